The van der Waals surface area contributed by atoms with Crippen LogP contribution in [0.2, 0.25) is 10.0 Å². The number of ether oxygens (including phenoxy) is 3. The molecule has 2 aromatic carbocycles. The molecule has 0 saturated heterocycles. The lowest BCUT2D eigenvalue weighted by Gasteiger charge is -2.08. The van der Waals surface area contributed by atoms with Crippen molar-refractivity contribution in [2.24, 2.45) is 0 Å². The number of carbonyl (C=O) groups is 2. The van der Waals surface area contributed by atoms with E-state index in [1.165, 1.54) is 38.5 Å². The molecule has 0 fully saturated rings. The van der Waals surface area contributed by atoms with Gasteiger partial charge in [-0.2, -0.15) is 0 Å². The molecule has 6 nitrogen and oxygen atoms in total. The first-order valence-electron chi connectivity index (χ1n) is 7.74. The number of anilines is 1. The molecular formula is C19H17Cl2NO5. The third-order valence-electron chi connectivity index (χ3n) is 3.31. The van der Waals surface area contributed by atoms with Gasteiger partial charge in [0.2, 0.25) is 0 Å². The number of esters is 1. The van der Waals surface area contributed by atoms with Crippen LogP contribution in [-0.4, -0.2) is 32.7 Å². The van der Waals surface area contributed by atoms with Crippen molar-refractivity contribution in [3.05, 3.63) is 58.1 Å². The Morgan fingerprint density at radius 2 is 1.67 bits per heavy atom. The van der Waals surface area contributed by atoms with Gasteiger partial charge in [-0.15, -0.1) is 0 Å². The monoisotopic (exact) mass is 409 g/mol. The zero-order valence-corrected chi connectivity index (χ0v) is 16.1. The number of hydrogen-bond donors (Lipinski definition) is 1. The Kier molecular flexibility index (Phi) is 7.52. The van der Waals surface area contributed by atoms with E-state index in [0.717, 1.165) is 0 Å². The van der Waals surface area contributed by atoms with E-state index in [2.05, 4.69) is 5.32 Å². The van der Waals surface area contributed by atoms with Gasteiger partial charge in [0, 0.05) is 21.8 Å². The van der Waals surface area contributed by atoms with Crippen molar-refractivity contribution in [3.63, 3.8) is 0 Å². The van der Waals surface area contributed by atoms with E-state index in [4.69, 9.17) is 37.4 Å². The maximum atomic E-state index is 11.8. The fourth-order valence-electron chi connectivity index (χ4n) is 2.13. The van der Waals surface area contributed by atoms with Crippen LogP contribution in [0.15, 0.2) is 42.5 Å². The first kappa shape index (κ1) is 20.6. The van der Waals surface area contributed by atoms with Crippen molar-refractivity contribution in [1.82, 2.24) is 0 Å². The van der Waals surface area contributed by atoms with E-state index in [1.54, 1.807) is 24.3 Å². The van der Waals surface area contributed by atoms with Gasteiger partial charge in [-0.3, -0.25) is 4.79 Å². The first-order valence-corrected chi connectivity index (χ1v) is 8.49. The van der Waals surface area contributed by atoms with Gasteiger partial charge in [0.05, 0.1) is 14.2 Å². The van der Waals surface area contributed by atoms with Crippen LogP contribution in [0.5, 0.6) is 11.5 Å². The molecule has 0 aliphatic heterocycles. The number of halogens is 2. The summed E-state index contributed by atoms with van der Waals surface area (Å²) in [6.07, 6.45) is 2.75. The first-order chi connectivity index (χ1) is 12.9. The van der Waals surface area contributed by atoms with Crippen molar-refractivity contribution in [1.29, 1.82) is 0 Å². The van der Waals surface area contributed by atoms with E-state index >= 15 is 0 Å². The standard InChI is InChI=1S/C19H17Cl2NO5/c1-25-16-5-3-12(7-17(16)26-2)4-6-19(24)27-11-18(23)22-15-9-13(20)8-14(21)10-15/h3-10H,11H2,1-2H3,(H,22,23)/b6-4+. The Labute approximate surface area is 166 Å². The smallest absolute Gasteiger partial charge is 0.331 e. The average molecular weight is 410 g/mol. The SMILES string of the molecule is COc1ccc(/C=C/C(=O)OCC(=O)Nc2cc(Cl)cc(Cl)c2)cc1OC. The summed E-state index contributed by atoms with van der Waals surface area (Å²) in [5.74, 6) is -0.0622. The minimum absolute atomic E-state index is 0.382. The number of nitrogens with one attached hydrogen (secondary N) is 1. The molecule has 0 unspecified atom stereocenters. The molecule has 0 aliphatic rings. The molecule has 0 atom stereocenters. The summed E-state index contributed by atoms with van der Waals surface area (Å²) < 4.78 is 15.2. The Morgan fingerprint density at radius 1 is 1.00 bits per heavy atom. The lowest BCUT2D eigenvalue weighted by Crippen LogP contribution is -2.20. The summed E-state index contributed by atoms with van der Waals surface area (Å²) in [7, 11) is 3.05. The maximum absolute atomic E-state index is 11.8. The third kappa shape index (κ3) is 6.51. The summed E-state index contributed by atoms with van der Waals surface area (Å²) in [6, 6.07) is 9.78. The third-order valence-corrected chi connectivity index (χ3v) is 3.75. The number of amides is 1. The van der Waals surface area contributed by atoms with Gasteiger partial charge < -0.3 is 19.5 Å². The molecule has 1 N–H and O–H groups in total. The maximum Gasteiger partial charge on any atom is 0.331 e. The minimum Gasteiger partial charge on any atom is -0.493 e. The highest BCUT2D eigenvalue weighted by Gasteiger charge is 2.08. The molecule has 27 heavy (non-hydrogen) atoms. The van der Waals surface area contributed by atoms with Crippen LogP contribution >= 0.6 is 23.2 Å². The minimum atomic E-state index is -0.663. The largest absolute Gasteiger partial charge is 0.493 e. The molecule has 0 heterocycles. The van der Waals surface area contributed by atoms with Crippen LogP contribution < -0.4 is 14.8 Å². The Balaban J connectivity index is 1.88. The van der Waals surface area contributed by atoms with E-state index in [9.17, 15) is 9.59 Å². The molecule has 2 rings (SSSR count). The molecule has 0 aromatic heterocycles. The molecule has 0 spiro atoms. The van der Waals surface area contributed by atoms with Gasteiger partial charge >= 0.3 is 5.97 Å². The van der Waals surface area contributed by atoms with Crippen LogP contribution in [0.1, 0.15) is 5.56 Å². The zero-order chi connectivity index (χ0) is 19.8. The van der Waals surface area contributed by atoms with Crippen molar-refractivity contribution in [2.45, 2.75) is 0 Å². The second-order valence-electron chi connectivity index (χ2n) is 5.26. The van der Waals surface area contributed by atoms with Gasteiger partial charge in [-0.25, -0.2) is 4.79 Å². The lowest BCUT2D eigenvalue weighted by atomic mass is 10.2. The van der Waals surface area contributed by atoms with E-state index in [0.29, 0.717) is 32.8 Å². The second-order valence-corrected chi connectivity index (χ2v) is 6.13. The molecule has 0 aliphatic carbocycles. The molecule has 8 heteroatoms. The van der Waals surface area contributed by atoms with E-state index in [-0.39, 0.29) is 0 Å². The predicted molar refractivity (Wildman–Crippen MR) is 105 cm³/mol. The summed E-state index contributed by atoms with van der Waals surface area (Å²) in [5.41, 5.74) is 1.12. The molecule has 0 radical (unpaired) electrons. The van der Waals surface area contributed by atoms with Crippen molar-refractivity contribution < 1.29 is 23.8 Å². The topological polar surface area (TPSA) is 73.9 Å². The summed E-state index contributed by atoms with van der Waals surface area (Å²) >= 11 is 11.7. The van der Waals surface area contributed by atoms with Gasteiger partial charge in [0.1, 0.15) is 0 Å². The number of carbonyl (C=O) groups excluding carboxylic acids is 2. The fourth-order valence-corrected chi connectivity index (χ4v) is 2.65. The number of rotatable bonds is 7. The molecule has 1 amide bonds. The lowest BCUT2D eigenvalue weighted by molar-refractivity contribution is -0.142. The summed E-state index contributed by atoms with van der Waals surface area (Å²) in [5, 5.41) is 3.31. The normalized spacial score (nSPS) is 10.5. The Morgan fingerprint density at radius 3 is 2.30 bits per heavy atom. The molecule has 2 aromatic rings. The van der Waals surface area contributed by atoms with Crippen LogP contribution in [0, 0.1) is 0 Å². The van der Waals surface area contributed by atoms with Crippen LogP contribution in [-0.2, 0) is 14.3 Å². The number of benzene rings is 2. The van der Waals surface area contributed by atoms with Crippen LogP contribution in [0.25, 0.3) is 6.08 Å². The van der Waals surface area contributed by atoms with Gasteiger partial charge in [0.25, 0.3) is 5.91 Å². The second kappa shape index (κ2) is 9.85. The highest BCUT2D eigenvalue weighted by molar-refractivity contribution is 6.35. The molecule has 142 valence electrons. The molecule has 0 saturated carbocycles. The van der Waals surface area contributed by atoms with Crippen LogP contribution in [0.3, 0.4) is 0 Å². The van der Waals surface area contributed by atoms with Crippen molar-refractivity contribution in [2.75, 3.05) is 26.1 Å². The van der Waals surface area contributed by atoms with Crippen molar-refractivity contribution in [3.8, 4) is 11.5 Å². The molecule has 0 bridgehead atoms. The van der Waals surface area contributed by atoms with E-state index < -0.39 is 18.5 Å². The predicted octanol–water partition coefficient (Wildman–Crippen LogP) is 4.21. The van der Waals surface area contributed by atoms with Gasteiger partial charge in [-0.1, -0.05) is 29.3 Å². The molecular weight excluding hydrogens is 393 g/mol. The van der Waals surface area contributed by atoms with Crippen LogP contribution in [0.4, 0.5) is 5.69 Å². The summed E-state index contributed by atoms with van der Waals surface area (Å²) in [6.45, 7) is -0.445. The summed E-state index contributed by atoms with van der Waals surface area (Å²) in [4.78, 5) is 23.6. The van der Waals surface area contributed by atoms with Gasteiger partial charge in [0.15, 0.2) is 18.1 Å². The zero-order valence-electron chi connectivity index (χ0n) is 14.6. The van der Waals surface area contributed by atoms with Crippen molar-refractivity contribution >= 4 is 46.8 Å². The Bertz CT molecular complexity index is 847. The van der Waals surface area contributed by atoms with Gasteiger partial charge in [-0.05, 0) is 42.0 Å². The van der Waals surface area contributed by atoms with E-state index in [1.807, 2.05) is 0 Å². The number of methoxy groups -OCH3 is 2. The fraction of sp³-hybridized carbons (Fsp3) is 0.158. The highest BCUT2D eigenvalue weighted by atomic mass is 35.5. The quantitative estimate of drug-likeness (QED) is 0.547. The highest BCUT2D eigenvalue weighted by Crippen LogP contribution is 2.28. The average Bonchev–Trinajstić information content (AvgIpc) is 2.63. The Hall–Kier alpha value is -2.70. The number of hydrogen-bond acceptors (Lipinski definition) is 5.